The molecule has 6 nitrogen and oxygen atoms in total. The number of carbonyl (C=O) groups is 2. The number of para-hydroxylation sites is 2. The number of nitrogens with one attached hydrogen (secondary N) is 2. The molecular formula is C19H20N2O4. The molecular weight excluding hydrogens is 320 g/mol. The Hall–Kier alpha value is -3.02. The standard InChI is InChI=1S/C19H20N2O4/c22-18(20-11-10-14-6-2-1-3-7-14)19(23)21-12-15-13-24-16-8-4-5-9-17(16)25-15/h1-9,15H,10-13H2,(H,20,22)(H,21,23)/t15-/m0/s1. The quantitative estimate of drug-likeness (QED) is 0.805. The van der Waals surface area contributed by atoms with Gasteiger partial charge in [0.15, 0.2) is 11.5 Å². The van der Waals surface area contributed by atoms with Crippen LogP contribution in [0.5, 0.6) is 11.5 Å². The molecule has 130 valence electrons. The van der Waals surface area contributed by atoms with Gasteiger partial charge in [-0.1, -0.05) is 42.5 Å². The Labute approximate surface area is 146 Å². The topological polar surface area (TPSA) is 76.7 Å². The Kier molecular flexibility index (Phi) is 5.51. The van der Waals surface area contributed by atoms with Crippen molar-refractivity contribution in [2.75, 3.05) is 19.7 Å². The molecule has 0 fully saturated rings. The monoisotopic (exact) mass is 340 g/mol. The Bertz CT molecular complexity index is 733. The second-order valence-corrected chi connectivity index (χ2v) is 5.70. The van der Waals surface area contributed by atoms with Gasteiger partial charge in [0, 0.05) is 6.54 Å². The number of fused-ring (bicyclic) bond motifs is 1. The minimum Gasteiger partial charge on any atom is -0.486 e. The molecule has 0 saturated heterocycles. The number of hydrogen-bond acceptors (Lipinski definition) is 4. The fraction of sp³-hybridized carbons (Fsp3) is 0.263. The lowest BCUT2D eigenvalue weighted by Crippen LogP contribution is -2.46. The molecule has 3 rings (SSSR count). The van der Waals surface area contributed by atoms with Crippen molar-refractivity contribution in [1.29, 1.82) is 0 Å². The summed E-state index contributed by atoms with van der Waals surface area (Å²) in [6.07, 6.45) is 0.354. The predicted octanol–water partition coefficient (Wildman–Crippen LogP) is 1.30. The Morgan fingerprint density at radius 3 is 2.40 bits per heavy atom. The van der Waals surface area contributed by atoms with Gasteiger partial charge in [-0.05, 0) is 24.1 Å². The SMILES string of the molecule is O=C(NCCc1ccccc1)C(=O)NC[C@H]1COc2ccccc2O1. The third-order valence-electron chi connectivity index (χ3n) is 3.81. The van der Waals surface area contributed by atoms with Crippen LogP contribution in [-0.4, -0.2) is 37.6 Å². The minimum absolute atomic E-state index is 0.208. The van der Waals surface area contributed by atoms with Crippen LogP contribution in [0.25, 0.3) is 0 Å². The Morgan fingerprint density at radius 2 is 1.60 bits per heavy atom. The molecule has 0 unspecified atom stereocenters. The summed E-state index contributed by atoms with van der Waals surface area (Å²) in [6.45, 7) is 0.943. The average Bonchev–Trinajstić information content (AvgIpc) is 2.66. The van der Waals surface area contributed by atoms with Crippen molar-refractivity contribution in [3.05, 3.63) is 60.2 Å². The van der Waals surface area contributed by atoms with Gasteiger partial charge in [-0.3, -0.25) is 9.59 Å². The van der Waals surface area contributed by atoms with Crippen LogP contribution in [0, 0.1) is 0 Å². The summed E-state index contributed by atoms with van der Waals surface area (Å²) >= 11 is 0. The molecule has 0 aromatic heterocycles. The van der Waals surface area contributed by atoms with Gasteiger partial charge in [0.1, 0.15) is 12.7 Å². The second kappa shape index (κ2) is 8.19. The minimum atomic E-state index is -0.671. The van der Waals surface area contributed by atoms with E-state index in [0.29, 0.717) is 31.1 Å². The number of benzene rings is 2. The van der Waals surface area contributed by atoms with Crippen molar-refractivity contribution in [3.63, 3.8) is 0 Å². The summed E-state index contributed by atoms with van der Waals surface area (Å²) < 4.78 is 11.3. The third kappa shape index (κ3) is 4.73. The second-order valence-electron chi connectivity index (χ2n) is 5.70. The lowest BCUT2D eigenvalue weighted by atomic mass is 10.1. The lowest BCUT2D eigenvalue weighted by molar-refractivity contribution is -0.139. The van der Waals surface area contributed by atoms with E-state index in [1.165, 1.54) is 0 Å². The average molecular weight is 340 g/mol. The van der Waals surface area contributed by atoms with Crippen molar-refractivity contribution in [1.82, 2.24) is 10.6 Å². The van der Waals surface area contributed by atoms with Crippen molar-refractivity contribution in [2.24, 2.45) is 0 Å². The van der Waals surface area contributed by atoms with Crippen LogP contribution in [0.15, 0.2) is 54.6 Å². The third-order valence-corrected chi connectivity index (χ3v) is 3.81. The molecule has 2 aromatic rings. The molecule has 0 aliphatic carbocycles. The van der Waals surface area contributed by atoms with Crippen LogP contribution in [0.1, 0.15) is 5.56 Å². The van der Waals surface area contributed by atoms with Gasteiger partial charge < -0.3 is 20.1 Å². The smallest absolute Gasteiger partial charge is 0.309 e. The molecule has 6 heteroatoms. The first-order valence-corrected chi connectivity index (χ1v) is 8.21. The summed E-state index contributed by atoms with van der Waals surface area (Å²) in [5.74, 6) is 0.00706. The first kappa shape index (κ1) is 16.8. The van der Waals surface area contributed by atoms with Crippen LogP contribution in [0.3, 0.4) is 0 Å². The zero-order chi connectivity index (χ0) is 17.5. The van der Waals surface area contributed by atoms with Gasteiger partial charge in [-0.2, -0.15) is 0 Å². The molecule has 0 radical (unpaired) electrons. The number of amides is 2. The molecule has 25 heavy (non-hydrogen) atoms. The van der Waals surface area contributed by atoms with Crippen LogP contribution in [0.2, 0.25) is 0 Å². The van der Waals surface area contributed by atoms with Crippen LogP contribution < -0.4 is 20.1 Å². The summed E-state index contributed by atoms with van der Waals surface area (Å²) in [7, 11) is 0. The highest BCUT2D eigenvalue weighted by molar-refractivity contribution is 6.35. The van der Waals surface area contributed by atoms with Gasteiger partial charge in [0.05, 0.1) is 6.54 Å². The first-order valence-electron chi connectivity index (χ1n) is 8.21. The largest absolute Gasteiger partial charge is 0.486 e. The molecule has 0 saturated carbocycles. The molecule has 2 N–H and O–H groups in total. The highest BCUT2D eigenvalue weighted by Gasteiger charge is 2.22. The molecule has 2 aromatic carbocycles. The number of rotatable bonds is 5. The van der Waals surface area contributed by atoms with Crippen molar-refractivity contribution >= 4 is 11.8 Å². The van der Waals surface area contributed by atoms with E-state index in [0.717, 1.165) is 5.56 Å². The van der Waals surface area contributed by atoms with E-state index < -0.39 is 11.8 Å². The summed E-state index contributed by atoms with van der Waals surface area (Å²) in [4.78, 5) is 23.7. The fourth-order valence-electron chi connectivity index (χ4n) is 2.50. The van der Waals surface area contributed by atoms with Gasteiger partial charge in [0.25, 0.3) is 0 Å². The van der Waals surface area contributed by atoms with Crippen LogP contribution in [0.4, 0.5) is 0 Å². The normalized spacial score (nSPS) is 15.3. The molecule has 1 aliphatic rings. The van der Waals surface area contributed by atoms with Crippen molar-refractivity contribution < 1.29 is 19.1 Å². The van der Waals surface area contributed by atoms with E-state index >= 15 is 0 Å². The van der Waals surface area contributed by atoms with E-state index in [4.69, 9.17) is 9.47 Å². The number of carbonyl (C=O) groups excluding carboxylic acids is 2. The van der Waals surface area contributed by atoms with Crippen molar-refractivity contribution in [2.45, 2.75) is 12.5 Å². The zero-order valence-electron chi connectivity index (χ0n) is 13.7. The zero-order valence-corrected chi connectivity index (χ0v) is 13.7. The van der Waals surface area contributed by atoms with E-state index in [1.54, 1.807) is 6.07 Å². The first-order chi connectivity index (χ1) is 12.2. The van der Waals surface area contributed by atoms with Crippen LogP contribution in [-0.2, 0) is 16.0 Å². The summed E-state index contributed by atoms with van der Waals surface area (Å²) in [6, 6.07) is 17.1. The van der Waals surface area contributed by atoms with Gasteiger partial charge in [-0.25, -0.2) is 0 Å². The molecule has 0 spiro atoms. The van der Waals surface area contributed by atoms with E-state index in [1.807, 2.05) is 48.5 Å². The van der Waals surface area contributed by atoms with E-state index in [2.05, 4.69) is 10.6 Å². The number of ether oxygens (including phenoxy) is 2. The van der Waals surface area contributed by atoms with Crippen LogP contribution >= 0.6 is 0 Å². The molecule has 2 amide bonds. The fourth-order valence-corrected chi connectivity index (χ4v) is 2.50. The Morgan fingerprint density at radius 1 is 0.920 bits per heavy atom. The van der Waals surface area contributed by atoms with E-state index in [-0.39, 0.29) is 12.6 Å². The van der Waals surface area contributed by atoms with Crippen molar-refractivity contribution in [3.8, 4) is 11.5 Å². The molecule has 1 atom stereocenters. The molecule has 1 heterocycles. The maximum Gasteiger partial charge on any atom is 0.309 e. The molecule has 0 bridgehead atoms. The maximum absolute atomic E-state index is 11.9. The lowest BCUT2D eigenvalue weighted by Gasteiger charge is -2.26. The maximum atomic E-state index is 11.9. The predicted molar refractivity (Wildman–Crippen MR) is 92.5 cm³/mol. The van der Waals surface area contributed by atoms with Gasteiger partial charge in [0.2, 0.25) is 0 Å². The van der Waals surface area contributed by atoms with E-state index in [9.17, 15) is 9.59 Å². The summed E-state index contributed by atoms with van der Waals surface area (Å²) in [5.41, 5.74) is 1.11. The summed E-state index contributed by atoms with van der Waals surface area (Å²) in [5, 5.41) is 5.19. The highest BCUT2D eigenvalue weighted by Crippen LogP contribution is 2.30. The van der Waals surface area contributed by atoms with Gasteiger partial charge >= 0.3 is 11.8 Å². The highest BCUT2D eigenvalue weighted by atomic mass is 16.6. The molecule has 1 aliphatic heterocycles. The van der Waals surface area contributed by atoms with Gasteiger partial charge in [-0.15, -0.1) is 0 Å². The Balaban J connectivity index is 1.38. The number of hydrogen-bond donors (Lipinski definition) is 2.